The fourth-order valence-electron chi connectivity index (χ4n) is 1.75. The van der Waals surface area contributed by atoms with Crippen molar-refractivity contribution in [2.75, 3.05) is 0 Å². The highest BCUT2D eigenvalue weighted by Gasteiger charge is 2.20. The van der Waals surface area contributed by atoms with Crippen LogP contribution in [0.4, 0.5) is 0 Å². The zero-order valence-electron chi connectivity index (χ0n) is 6.94. The first-order valence-electron chi connectivity index (χ1n) is 4.34. The second-order valence-electron chi connectivity index (χ2n) is 3.76. The molecule has 1 saturated carbocycles. The predicted molar refractivity (Wildman–Crippen MR) is 49.5 cm³/mol. The lowest BCUT2D eigenvalue weighted by molar-refractivity contribution is 0.285. The Morgan fingerprint density at radius 1 is 1.10 bits per heavy atom. The van der Waals surface area contributed by atoms with E-state index < -0.39 is 0 Å². The summed E-state index contributed by atoms with van der Waals surface area (Å²) in [6.45, 7) is 4.69. The third-order valence-electron chi connectivity index (χ3n) is 2.64. The molecule has 0 bridgehead atoms. The van der Waals surface area contributed by atoms with Crippen molar-refractivity contribution in [3.63, 3.8) is 0 Å². The lowest BCUT2D eigenvalue weighted by atomic mass is 9.82. The molecule has 0 radical (unpaired) electrons. The van der Waals surface area contributed by atoms with Gasteiger partial charge in [0.05, 0.1) is 0 Å². The summed E-state index contributed by atoms with van der Waals surface area (Å²) < 4.78 is 0. The molecule has 0 aliphatic heterocycles. The number of hydrogen-bond donors (Lipinski definition) is 0. The van der Waals surface area contributed by atoms with Crippen molar-refractivity contribution in [2.45, 2.75) is 44.4 Å². The SMILES string of the molecule is CC(C)C1CCC(Br)CC1. The van der Waals surface area contributed by atoms with Crippen LogP contribution in [0.1, 0.15) is 39.5 Å². The average molecular weight is 205 g/mol. The summed E-state index contributed by atoms with van der Waals surface area (Å²) in [5.74, 6) is 1.91. The van der Waals surface area contributed by atoms with E-state index in [1.54, 1.807) is 0 Å². The molecule has 1 fully saturated rings. The fourth-order valence-corrected chi connectivity index (χ4v) is 2.27. The molecule has 1 rings (SSSR count). The Labute approximate surface area is 72.5 Å². The van der Waals surface area contributed by atoms with Crippen molar-refractivity contribution in [3.05, 3.63) is 0 Å². The highest BCUT2D eigenvalue weighted by atomic mass is 79.9. The van der Waals surface area contributed by atoms with Crippen LogP contribution >= 0.6 is 15.9 Å². The summed E-state index contributed by atoms with van der Waals surface area (Å²) in [6.07, 6.45) is 5.66. The van der Waals surface area contributed by atoms with Gasteiger partial charge in [0.2, 0.25) is 0 Å². The van der Waals surface area contributed by atoms with E-state index in [1.165, 1.54) is 25.7 Å². The molecular weight excluding hydrogens is 188 g/mol. The predicted octanol–water partition coefficient (Wildman–Crippen LogP) is 3.60. The van der Waals surface area contributed by atoms with Gasteiger partial charge in [0, 0.05) is 4.83 Å². The Morgan fingerprint density at radius 2 is 1.60 bits per heavy atom. The molecule has 60 valence electrons. The summed E-state index contributed by atoms with van der Waals surface area (Å²) in [6, 6.07) is 0. The molecule has 0 unspecified atom stereocenters. The van der Waals surface area contributed by atoms with Crippen molar-refractivity contribution in [1.29, 1.82) is 0 Å². The van der Waals surface area contributed by atoms with Gasteiger partial charge in [0.25, 0.3) is 0 Å². The summed E-state index contributed by atoms with van der Waals surface area (Å²) in [4.78, 5) is 0.822. The van der Waals surface area contributed by atoms with Crippen LogP contribution in [0.3, 0.4) is 0 Å². The number of halogens is 1. The number of rotatable bonds is 1. The van der Waals surface area contributed by atoms with Crippen molar-refractivity contribution in [2.24, 2.45) is 11.8 Å². The van der Waals surface area contributed by atoms with Crippen molar-refractivity contribution in [3.8, 4) is 0 Å². The van der Waals surface area contributed by atoms with Gasteiger partial charge in [-0.15, -0.1) is 0 Å². The lowest BCUT2D eigenvalue weighted by Crippen LogP contribution is -2.18. The first-order valence-corrected chi connectivity index (χ1v) is 5.25. The van der Waals surface area contributed by atoms with Crippen molar-refractivity contribution < 1.29 is 0 Å². The zero-order valence-corrected chi connectivity index (χ0v) is 8.52. The topological polar surface area (TPSA) is 0 Å². The molecule has 1 aliphatic carbocycles. The molecule has 1 heteroatoms. The van der Waals surface area contributed by atoms with E-state index in [0.29, 0.717) is 0 Å². The van der Waals surface area contributed by atoms with E-state index in [-0.39, 0.29) is 0 Å². The van der Waals surface area contributed by atoms with Crippen LogP contribution in [0.2, 0.25) is 0 Å². The Balaban J connectivity index is 2.26. The minimum absolute atomic E-state index is 0.822. The molecule has 0 nitrogen and oxygen atoms in total. The molecule has 0 amide bonds. The third kappa shape index (κ3) is 2.26. The van der Waals surface area contributed by atoms with E-state index in [9.17, 15) is 0 Å². The van der Waals surface area contributed by atoms with Gasteiger partial charge in [-0.25, -0.2) is 0 Å². The van der Waals surface area contributed by atoms with Gasteiger partial charge in [0.1, 0.15) is 0 Å². The van der Waals surface area contributed by atoms with E-state index >= 15 is 0 Å². The van der Waals surface area contributed by atoms with E-state index in [2.05, 4.69) is 29.8 Å². The molecule has 10 heavy (non-hydrogen) atoms. The van der Waals surface area contributed by atoms with E-state index in [4.69, 9.17) is 0 Å². The van der Waals surface area contributed by atoms with Gasteiger partial charge in [-0.1, -0.05) is 29.8 Å². The molecule has 1 aliphatic rings. The quantitative estimate of drug-likeness (QED) is 0.574. The molecule has 0 heterocycles. The number of alkyl halides is 1. The molecule has 0 aromatic heterocycles. The minimum atomic E-state index is 0.822. The molecule has 0 aromatic rings. The third-order valence-corrected chi connectivity index (χ3v) is 3.56. The maximum atomic E-state index is 3.66. The maximum Gasteiger partial charge on any atom is 0.0146 e. The smallest absolute Gasteiger partial charge is 0.0146 e. The van der Waals surface area contributed by atoms with E-state index in [1.807, 2.05) is 0 Å². The van der Waals surface area contributed by atoms with E-state index in [0.717, 1.165) is 16.7 Å². The fraction of sp³-hybridized carbons (Fsp3) is 1.00. The van der Waals surface area contributed by atoms with Crippen LogP contribution in [-0.4, -0.2) is 4.83 Å². The lowest BCUT2D eigenvalue weighted by Gasteiger charge is -2.27. The van der Waals surface area contributed by atoms with Crippen molar-refractivity contribution >= 4 is 15.9 Å². The number of hydrogen-bond acceptors (Lipinski definition) is 0. The minimum Gasteiger partial charge on any atom is -0.0891 e. The first-order chi connectivity index (χ1) is 4.70. The van der Waals surface area contributed by atoms with Crippen LogP contribution in [0.5, 0.6) is 0 Å². The summed E-state index contributed by atoms with van der Waals surface area (Å²) in [5.41, 5.74) is 0. The normalized spacial score (nSPS) is 34.8. The van der Waals surface area contributed by atoms with Gasteiger partial charge in [-0.2, -0.15) is 0 Å². The highest BCUT2D eigenvalue weighted by Crippen LogP contribution is 2.32. The van der Waals surface area contributed by atoms with Crippen LogP contribution < -0.4 is 0 Å². The zero-order chi connectivity index (χ0) is 7.56. The van der Waals surface area contributed by atoms with Gasteiger partial charge in [0.15, 0.2) is 0 Å². The highest BCUT2D eigenvalue weighted by molar-refractivity contribution is 9.09. The Morgan fingerprint density at radius 3 is 2.00 bits per heavy atom. The van der Waals surface area contributed by atoms with Gasteiger partial charge in [-0.3, -0.25) is 0 Å². The second kappa shape index (κ2) is 3.75. The van der Waals surface area contributed by atoms with Crippen molar-refractivity contribution in [1.82, 2.24) is 0 Å². The standard InChI is InChI=1S/C9H17Br/c1-7(2)8-3-5-9(10)6-4-8/h7-9H,3-6H2,1-2H3. The molecule has 0 atom stereocenters. The largest absolute Gasteiger partial charge is 0.0891 e. The summed E-state index contributed by atoms with van der Waals surface area (Å²) in [5, 5.41) is 0. The molecule has 0 N–H and O–H groups in total. The maximum absolute atomic E-state index is 3.66. The Kier molecular flexibility index (Phi) is 3.22. The van der Waals surface area contributed by atoms with Gasteiger partial charge >= 0.3 is 0 Å². The Hall–Kier alpha value is 0.480. The van der Waals surface area contributed by atoms with Crippen LogP contribution in [0.25, 0.3) is 0 Å². The van der Waals surface area contributed by atoms with Gasteiger partial charge in [-0.05, 0) is 37.5 Å². The van der Waals surface area contributed by atoms with Crippen LogP contribution in [-0.2, 0) is 0 Å². The monoisotopic (exact) mass is 204 g/mol. The average Bonchev–Trinajstić information content (AvgIpc) is 1.88. The Bertz CT molecular complexity index is 90.9. The molecule has 0 saturated heterocycles. The summed E-state index contributed by atoms with van der Waals surface area (Å²) in [7, 11) is 0. The summed E-state index contributed by atoms with van der Waals surface area (Å²) >= 11 is 3.66. The molecule has 0 aromatic carbocycles. The first kappa shape index (κ1) is 8.58. The van der Waals surface area contributed by atoms with Crippen LogP contribution in [0.15, 0.2) is 0 Å². The van der Waals surface area contributed by atoms with Gasteiger partial charge < -0.3 is 0 Å². The second-order valence-corrected chi connectivity index (χ2v) is 5.05. The molecular formula is C9H17Br. The van der Waals surface area contributed by atoms with Crippen LogP contribution in [0, 0.1) is 11.8 Å². The molecule has 0 spiro atoms.